The molecule has 0 bridgehead atoms. The van der Waals surface area contributed by atoms with Gasteiger partial charge in [-0.05, 0) is 49.1 Å². The van der Waals surface area contributed by atoms with Gasteiger partial charge in [0.25, 0.3) is 0 Å². The number of morpholine rings is 1. The third-order valence-corrected chi connectivity index (χ3v) is 5.98. The largest absolute Gasteiger partial charge is 0.378 e. The number of nitrogens with one attached hydrogen (secondary N) is 2. The van der Waals surface area contributed by atoms with Crippen molar-refractivity contribution in [1.82, 2.24) is 10.6 Å². The van der Waals surface area contributed by atoms with Gasteiger partial charge in [-0.25, -0.2) is 9.38 Å². The molecule has 0 atom stereocenters. The van der Waals surface area contributed by atoms with Crippen LogP contribution in [0.15, 0.2) is 53.5 Å². The summed E-state index contributed by atoms with van der Waals surface area (Å²) in [4.78, 5) is 7.22. The Hall–Kier alpha value is -1.87. The van der Waals surface area contributed by atoms with Crippen molar-refractivity contribution in [2.45, 2.75) is 31.7 Å². The van der Waals surface area contributed by atoms with Crippen molar-refractivity contribution in [3.63, 3.8) is 0 Å². The summed E-state index contributed by atoms with van der Waals surface area (Å²) < 4.78 is 19.2. The first-order valence-corrected chi connectivity index (χ1v) is 10.9. The number of halogens is 2. The Bertz CT molecular complexity index is 881. The smallest absolute Gasteiger partial charge is 0.191 e. The van der Waals surface area contributed by atoms with Crippen LogP contribution >= 0.6 is 24.0 Å². The van der Waals surface area contributed by atoms with Crippen LogP contribution in [0.25, 0.3) is 0 Å². The second-order valence-corrected chi connectivity index (χ2v) is 8.07. The van der Waals surface area contributed by atoms with Crippen LogP contribution in [0.3, 0.4) is 0 Å². The Morgan fingerprint density at radius 2 is 1.87 bits per heavy atom. The summed E-state index contributed by atoms with van der Waals surface area (Å²) in [7, 11) is 0. The molecule has 0 unspecified atom stereocenters. The van der Waals surface area contributed by atoms with Crippen molar-refractivity contribution in [2.24, 2.45) is 4.99 Å². The molecular weight excluding hydrogens is 506 g/mol. The molecule has 0 spiro atoms. The third-order valence-electron chi connectivity index (χ3n) is 5.98. The lowest BCUT2D eigenvalue weighted by Crippen LogP contribution is -2.41. The molecule has 0 aromatic heterocycles. The van der Waals surface area contributed by atoms with E-state index in [-0.39, 0.29) is 35.2 Å². The van der Waals surface area contributed by atoms with Gasteiger partial charge in [-0.2, -0.15) is 0 Å². The fourth-order valence-electron chi connectivity index (χ4n) is 4.05. The Labute approximate surface area is 201 Å². The minimum atomic E-state index is -0.168. The molecule has 2 aliphatic rings. The predicted molar refractivity (Wildman–Crippen MR) is 135 cm³/mol. The van der Waals surface area contributed by atoms with Crippen molar-refractivity contribution in [3.8, 4) is 0 Å². The standard InChI is InChI=1S/C24H31FN4O.HI/c1-2-26-23(28-18-24(10-11-24)20-7-5-8-21(25)16-20)27-17-19-6-3-4-9-22(19)29-12-14-30-15-13-29;/h3-9,16H,2,10-15,17-18H2,1H3,(H2,26,27,28);1H. The molecule has 7 heteroatoms. The first-order chi connectivity index (χ1) is 14.7. The molecule has 1 aliphatic carbocycles. The van der Waals surface area contributed by atoms with Gasteiger partial charge in [0.05, 0.1) is 19.8 Å². The molecule has 4 rings (SSSR count). The Balaban J connectivity index is 0.00000272. The number of ether oxygens (including phenoxy) is 1. The van der Waals surface area contributed by atoms with Crippen LogP contribution in [0.4, 0.5) is 10.1 Å². The number of rotatable bonds is 7. The summed E-state index contributed by atoms with van der Waals surface area (Å²) in [5.41, 5.74) is 3.54. The number of aliphatic imine (C=N–C) groups is 1. The fourth-order valence-corrected chi connectivity index (χ4v) is 4.05. The van der Waals surface area contributed by atoms with Crippen LogP contribution in [0.5, 0.6) is 0 Å². The molecular formula is C24H32FIN4O. The first kappa shape index (κ1) is 23.8. The SMILES string of the molecule is CCNC(=NCc1ccccc1N1CCOCC1)NCC1(c2cccc(F)c2)CC1.I. The van der Waals surface area contributed by atoms with Gasteiger partial charge < -0.3 is 20.3 Å². The van der Waals surface area contributed by atoms with Gasteiger partial charge in [0.2, 0.25) is 0 Å². The Morgan fingerprint density at radius 1 is 1.10 bits per heavy atom. The van der Waals surface area contributed by atoms with Crippen molar-refractivity contribution in [3.05, 3.63) is 65.5 Å². The van der Waals surface area contributed by atoms with Gasteiger partial charge in [0.15, 0.2) is 5.96 Å². The van der Waals surface area contributed by atoms with Gasteiger partial charge in [0.1, 0.15) is 5.82 Å². The highest BCUT2D eigenvalue weighted by atomic mass is 127. The van der Waals surface area contributed by atoms with Gasteiger partial charge >= 0.3 is 0 Å². The van der Waals surface area contributed by atoms with Crippen LogP contribution in [0.1, 0.15) is 30.9 Å². The number of hydrogen-bond donors (Lipinski definition) is 2. The van der Waals surface area contributed by atoms with E-state index in [1.165, 1.54) is 17.3 Å². The van der Waals surface area contributed by atoms with E-state index in [1.54, 1.807) is 12.1 Å². The van der Waals surface area contributed by atoms with Gasteiger partial charge in [-0.15, -0.1) is 24.0 Å². The van der Waals surface area contributed by atoms with E-state index < -0.39 is 0 Å². The minimum Gasteiger partial charge on any atom is -0.378 e. The number of para-hydroxylation sites is 1. The summed E-state index contributed by atoms with van der Waals surface area (Å²) in [5, 5.41) is 6.84. The average Bonchev–Trinajstić information content (AvgIpc) is 3.58. The number of anilines is 1. The van der Waals surface area contributed by atoms with E-state index in [0.29, 0.717) is 6.54 Å². The van der Waals surface area contributed by atoms with Crippen molar-refractivity contribution < 1.29 is 9.13 Å². The molecule has 1 heterocycles. The molecule has 31 heavy (non-hydrogen) atoms. The highest BCUT2D eigenvalue weighted by molar-refractivity contribution is 14.0. The number of benzene rings is 2. The highest BCUT2D eigenvalue weighted by Crippen LogP contribution is 2.47. The van der Waals surface area contributed by atoms with E-state index in [0.717, 1.165) is 63.8 Å². The third kappa shape index (κ3) is 6.10. The first-order valence-electron chi connectivity index (χ1n) is 10.9. The van der Waals surface area contributed by atoms with Crippen LogP contribution < -0.4 is 15.5 Å². The molecule has 2 fully saturated rings. The number of guanidine groups is 1. The number of hydrogen-bond acceptors (Lipinski definition) is 3. The van der Waals surface area contributed by atoms with Crippen LogP contribution in [0, 0.1) is 5.82 Å². The quantitative estimate of drug-likeness (QED) is 0.317. The molecule has 1 saturated carbocycles. The summed E-state index contributed by atoms with van der Waals surface area (Å²) in [5.74, 6) is 0.635. The molecule has 1 aliphatic heterocycles. The van der Waals surface area contributed by atoms with Crippen LogP contribution in [-0.4, -0.2) is 45.4 Å². The molecule has 2 aromatic carbocycles. The van der Waals surface area contributed by atoms with E-state index in [2.05, 4.69) is 46.7 Å². The Kier molecular flexibility index (Phi) is 8.54. The maximum atomic E-state index is 13.7. The zero-order chi connectivity index (χ0) is 20.8. The zero-order valence-electron chi connectivity index (χ0n) is 18.1. The van der Waals surface area contributed by atoms with Crippen LogP contribution in [-0.2, 0) is 16.7 Å². The molecule has 2 aromatic rings. The Morgan fingerprint density at radius 3 is 2.58 bits per heavy atom. The summed E-state index contributed by atoms with van der Waals surface area (Å²) in [6, 6.07) is 15.5. The normalized spacial score (nSPS) is 17.6. The topological polar surface area (TPSA) is 48.9 Å². The summed E-state index contributed by atoms with van der Waals surface area (Å²) in [6.45, 7) is 7.59. The maximum absolute atomic E-state index is 13.7. The lowest BCUT2D eigenvalue weighted by Gasteiger charge is -2.30. The van der Waals surface area contributed by atoms with Crippen molar-refractivity contribution >= 4 is 35.6 Å². The van der Waals surface area contributed by atoms with Crippen molar-refractivity contribution in [2.75, 3.05) is 44.3 Å². The van der Waals surface area contributed by atoms with E-state index in [9.17, 15) is 4.39 Å². The van der Waals surface area contributed by atoms with Gasteiger partial charge in [0, 0.05) is 37.3 Å². The molecule has 2 N–H and O–H groups in total. The van der Waals surface area contributed by atoms with Gasteiger partial charge in [-0.1, -0.05) is 30.3 Å². The average molecular weight is 538 g/mol. The fraction of sp³-hybridized carbons (Fsp3) is 0.458. The minimum absolute atomic E-state index is 0. The molecule has 1 saturated heterocycles. The molecule has 168 valence electrons. The highest BCUT2D eigenvalue weighted by Gasteiger charge is 2.44. The van der Waals surface area contributed by atoms with Gasteiger partial charge in [-0.3, -0.25) is 0 Å². The lowest BCUT2D eigenvalue weighted by molar-refractivity contribution is 0.122. The molecule has 0 radical (unpaired) electrons. The second-order valence-electron chi connectivity index (χ2n) is 8.07. The number of nitrogens with zero attached hydrogens (tertiary/aromatic N) is 2. The molecule has 5 nitrogen and oxygen atoms in total. The molecule has 0 amide bonds. The lowest BCUT2D eigenvalue weighted by atomic mass is 9.96. The van der Waals surface area contributed by atoms with E-state index >= 15 is 0 Å². The monoisotopic (exact) mass is 538 g/mol. The summed E-state index contributed by atoms with van der Waals surface area (Å²) in [6.07, 6.45) is 2.14. The van der Waals surface area contributed by atoms with Crippen molar-refractivity contribution in [1.29, 1.82) is 0 Å². The van der Waals surface area contributed by atoms with E-state index in [1.807, 2.05) is 6.07 Å². The maximum Gasteiger partial charge on any atom is 0.191 e. The van der Waals surface area contributed by atoms with E-state index in [4.69, 9.17) is 9.73 Å². The summed E-state index contributed by atoms with van der Waals surface area (Å²) >= 11 is 0. The second kappa shape index (κ2) is 11.1. The predicted octanol–water partition coefficient (Wildman–Crippen LogP) is 4.07. The zero-order valence-corrected chi connectivity index (χ0v) is 20.4. The van der Waals surface area contributed by atoms with Crippen LogP contribution in [0.2, 0.25) is 0 Å².